The highest BCUT2D eigenvalue weighted by atomic mass is 19.4. The Morgan fingerprint density at radius 2 is 1.38 bits per heavy atom. The smallest absolute Gasteiger partial charge is 0.432 e. The zero-order chi connectivity index (χ0) is 28.6. The van der Waals surface area contributed by atoms with Gasteiger partial charge >= 0.3 is 12.1 Å². The summed E-state index contributed by atoms with van der Waals surface area (Å²) in [6.07, 6.45) is -0.247. The van der Waals surface area contributed by atoms with E-state index in [1.807, 2.05) is 60.7 Å². The molecule has 1 fully saturated rings. The molecule has 210 valence electrons. The van der Waals surface area contributed by atoms with Crippen LogP contribution >= 0.6 is 0 Å². The molecule has 3 aromatic carbocycles. The van der Waals surface area contributed by atoms with Gasteiger partial charge in [0.25, 0.3) is 5.60 Å². The quantitative estimate of drug-likeness (QED) is 0.148. The number of halogens is 3. The molecule has 0 aliphatic heterocycles. The molecule has 0 bridgehead atoms. The Kier molecular flexibility index (Phi) is 9.58. The van der Waals surface area contributed by atoms with Gasteiger partial charge in [0, 0.05) is 23.8 Å². The maximum atomic E-state index is 14.7. The zero-order valence-electron chi connectivity index (χ0n) is 22.5. The van der Waals surface area contributed by atoms with E-state index >= 15 is 0 Å². The number of methoxy groups -OCH3 is 1. The summed E-state index contributed by atoms with van der Waals surface area (Å²) in [7, 11) is 0.878. The summed E-state index contributed by atoms with van der Waals surface area (Å²) in [6, 6.07) is 25.1. The lowest BCUT2D eigenvalue weighted by atomic mass is 9.82. The molecule has 0 unspecified atom stereocenters. The first-order valence-electron chi connectivity index (χ1n) is 13.5. The fraction of sp³-hybridized carbons (Fsp3) is 0.333. The largest absolute Gasteiger partial charge is 0.457 e. The molecule has 0 radical (unpaired) electrons. The average molecular weight is 550 g/mol. The summed E-state index contributed by atoms with van der Waals surface area (Å²) in [5.74, 6) is -1.69. The third kappa shape index (κ3) is 6.20. The van der Waals surface area contributed by atoms with Crippen molar-refractivity contribution in [2.45, 2.75) is 56.0 Å². The molecule has 1 aliphatic rings. The van der Waals surface area contributed by atoms with Gasteiger partial charge in [0.2, 0.25) is 0 Å². The van der Waals surface area contributed by atoms with Crippen LogP contribution in [0, 0.1) is 5.92 Å². The first kappa shape index (κ1) is 29.3. The molecule has 0 saturated heterocycles. The fourth-order valence-electron chi connectivity index (χ4n) is 5.42. The summed E-state index contributed by atoms with van der Waals surface area (Å²) in [5, 5.41) is 0. The van der Waals surface area contributed by atoms with Gasteiger partial charge < -0.3 is 9.47 Å². The van der Waals surface area contributed by atoms with Crippen molar-refractivity contribution in [1.82, 2.24) is 0 Å². The first-order chi connectivity index (χ1) is 19.3. The molecule has 3 aromatic rings. The topological polar surface area (TPSA) is 47.9 Å². The predicted molar refractivity (Wildman–Crippen MR) is 150 cm³/mol. The predicted octanol–water partition coefficient (Wildman–Crippen LogP) is 7.67. The van der Waals surface area contributed by atoms with Gasteiger partial charge in [0.05, 0.1) is 5.71 Å². The molecule has 0 aromatic heterocycles. The van der Waals surface area contributed by atoms with Crippen LogP contribution in [0.15, 0.2) is 109 Å². The van der Waals surface area contributed by atoms with Crippen LogP contribution < -0.4 is 0 Å². The minimum Gasteiger partial charge on any atom is -0.457 e. The molecule has 0 amide bonds. The molecule has 1 saturated carbocycles. The highest BCUT2D eigenvalue weighted by Crippen LogP contribution is 2.44. The molecule has 4 rings (SSSR count). The first-order valence-corrected chi connectivity index (χ1v) is 13.5. The summed E-state index contributed by atoms with van der Waals surface area (Å²) in [6.45, 7) is 3.96. The van der Waals surface area contributed by atoms with Gasteiger partial charge in [-0.2, -0.15) is 13.2 Å². The van der Waals surface area contributed by atoms with Crippen molar-refractivity contribution in [2.24, 2.45) is 10.9 Å². The maximum Gasteiger partial charge on any atom is 0.432 e. The van der Waals surface area contributed by atoms with E-state index in [0.29, 0.717) is 18.6 Å². The summed E-state index contributed by atoms with van der Waals surface area (Å²) in [5.41, 5.74) is -1.32. The van der Waals surface area contributed by atoms with Crippen molar-refractivity contribution in [3.63, 3.8) is 0 Å². The van der Waals surface area contributed by atoms with Crippen molar-refractivity contribution in [3.05, 3.63) is 120 Å². The van der Waals surface area contributed by atoms with E-state index in [1.54, 1.807) is 12.1 Å². The molecule has 0 spiro atoms. The van der Waals surface area contributed by atoms with Gasteiger partial charge in [-0.05, 0) is 18.8 Å². The number of hydrogen-bond donors (Lipinski definition) is 0. The van der Waals surface area contributed by atoms with E-state index < -0.39 is 29.9 Å². The van der Waals surface area contributed by atoms with Crippen LogP contribution in [-0.4, -0.2) is 37.1 Å². The van der Waals surface area contributed by atoms with E-state index in [-0.39, 0.29) is 11.5 Å². The molecular formula is C33H34F3NO3. The third-order valence-corrected chi connectivity index (χ3v) is 7.48. The maximum absolute atomic E-state index is 14.7. The molecule has 4 nitrogen and oxygen atoms in total. The number of aliphatic imine (C=N–C) groups is 1. The SMILES string of the molecule is C=C[C@@H](N=C(c1ccccc1)c1ccccc1)[C@@H](OC(=O)[C@](OC)(c1ccccc1)C(F)(F)F)C1CCCCC1. The number of nitrogens with zero attached hydrogens (tertiary/aromatic N) is 1. The summed E-state index contributed by atoms with van der Waals surface area (Å²) >= 11 is 0. The fourth-order valence-corrected chi connectivity index (χ4v) is 5.42. The van der Waals surface area contributed by atoms with Crippen molar-refractivity contribution in [1.29, 1.82) is 0 Å². The normalized spacial score (nSPS) is 17.2. The molecule has 3 atom stereocenters. The molecule has 1 aliphatic carbocycles. The number of carbonyl (C=O) groups is 1. The van der Waals surface area contributed by atoms with Crippen LogP contribution in [0.3, 0.4) is 0 Å². The van der Waals surface area contributed by atoms with Crippen LogP contribution in [0.25, 0.3) is 0 Å². The van der Waals surface area contributed by atoms with Crippen LogP contribution in [0.2, 0.25) is 0 Å². The monoisotopic (exact) mass is 549 g/mol. The lowest BCUT2D eigenvalue weighted by molar-refractivity contribution is -0.279. The molecule has 7 heteroatoms. The highest BCUT2D eigenvalue weighted by Gasteiger charge is 2.64. The second kappa shape index (κ2) is 13.1. The van der Waals surface area contributed by atoms with E-state index in [9.17, 15) is 18.0 Å². The standard InChI is InChI=1S/C33H34F3NO3/c1-3-28(37-29(24-16-8-4-9-17-24)25-18-10-5-11-19-25)30(26-20-12-6-13-21-26)40-31(38)32(39-2,33(34,35)36)27-22-14-7-15-23-27/h3-5,7-11,14-19,22-23,26,28,30H,1,6,12-13,20-21H2,2H3/t28-,30+,32-/m1/s1. The molecule has 40 heavy (non-hydrogen) atoms. The average Bonchev–Trinajstić information content (AvgIpc) is 2.99. The zero-order valence-corrected chi connectivity index (χ0v) is 22.5. The van der Waals surface area contributed by atoms with Crippen molar-refractivity contribution < 1.29 is 27.4 Å². The van der Waals surface area contributed by atoms with Crippen LogP contribution in [0.4, 0.5) is 13.2 Å². The minimum absolute atomic E-state index is 0.184. The number of benzene rings is 3. The Morgan fingerprint density at radius 1 is 0.875 bits per heavy atom. The minimum atomic E-state index is -5.07. The number of rotatable bonds is 10. The Hall–Kier alpha value is -3.71. The van der Waals surface area contributed by atoms with Gasteiger partial charge in [0.15, 0.2) is 0 Å². The second-order valence-electron chi connectivity index (χ2n) is 9.95. The van der Waals surface area contributed by atoms with Gasteiger partial charge in [-0.25, -0.2) is 4.79 Å². The lowest BCUT2D eigenvalue weighted by Crippen LogP contribution is -2.54. The van der Waals surface area contributed by atoms with Crippen LogP contribution in [-0.2, 0) is 19.9 Å². The number of hydrogen-bond acceptors (Lipinski definition) is 4. The van der Waals surface area contributed by atoms with E-state index in [0.717, 1.165) is 37.5 Å². The van der Waals surface area contributed by atoms with Gasteiger partial charge in [0.1, 0.15) is 12.1 Å². The van der Waals surface area contributed by atoms with Crippen LogP contribution in [0.1, 0.15) is 48.8 Å². The highest BCUT2D eigenvalue weighted by molar-refractivity contribution is 6.13. The Labute approximate surface area is 233 Å². The van der Waals surface area contributed by atoms with Crippen molar-refractivity contribution in [3.8, 4) is 0 Å². The lowest BCUT2D eigenvalue weighted by Gasteiger charge is -2.37. The number of ether oxygens (including phenoxy) is 2. The number of esters is 1. The van der Waals surface area contributed by atoms with Gasteiger partial charge in [-0.1, -0.05) is 116 Å². The summed E-state index contributed by atoms with van der Waals surface area (Å²) < 4.78 is 54.9. The number of carbonyl (C=O) groups excluding carboxylic acids is 1. The molecule has 0 N–H and O–H groups in total. The van der Waals surface area contributed by atoms with E-state index in [2.05, 4.69) is 6.58 Å². The molecule has 0 heterocycles. The van der Waals surface area contributed by atoms with E-state index in [4.69, 9.17) is 14.5 Å². The van der Waals surface area contributed by atoms with Crippen LogP contribution in [0.5, 0.6) is 0 Å². The third-order valence-electron chi connectivity index (χ3n) is 7.48. The second-order valence-corrected chi connectivity index (χ2v) is 9.95. The van der Waals surface area contributed by atoms with Crippen molar-refractivity contribution >= 4 is 11.7 Å². The van der Waals surface area contributed by atoms with Crippen molar-refractivity contribution in [2.75, 3.05) is 7.11 Å². The van der Waals surface area contributed by atoms with Gasteiger partial charge in [-0.3, -0.25) is 4.99 Å². The Morgan fingerprint density at radius 3 is 1.82 bits per heavy atom. The Bertz CT molecular complexity index is 1230. The van der Waals surface area contributed by atoms with Gasteiger partial charge in [-0.15, -0.1) is 6.58 Å². The summed E-state index contributed by atoms with van der Waals surface area (Å²) in [4.78, 5) is 18.7. The Balaban J connectivity index is 1.80. The van der Waals surface area contributed by atoms with E-state index in [1.165, 1.54) is 24.3 Å². The number of alkyl halides is 3. The molecular weight excluding hydrogens is 515 g/mol.